The van der Waals surface area contributed by atoms with Gasteiger partial charge in [0.1, 0.15) is 0 Å². The first-order valence-corrected chi connectivity index (χ1v) is 5.44. The molecule has 0 heterocycles. The van der Waals surface area contributed by atoms with Crippen LogP contribution in [0.4, 0.5) is 0 Å². The summed E-state index contributed by atoms with van der Waals surface area (Å²) in [6, 6.07) is 0. The molecule has 0 amide bonds. The first-order chi connectivity index (χ1) is 6.56. The summed E-state index contributed by atoms with van der Waals surface area (Å²) in [7, 11) is 0. The topological polar surface area (TPSA) is 26.3 Å². The highest BCUT2D eigenvalue weighted by Gasteiger charge is 2.26. The molecule has 14 heavy (non-hydrogen) atoms. The van der Waals surface area contributed by atoms with Crippen molar-refractivity contribution in [1.29, 1.82) is 0 Å². The minimum atomic E-state index is -0.183. The molecule has 2 nitrogen and oxygen atoms in total. The van der Waals surface area contributed by atoms with E-state index in [2.05, 4.69) is 13.8 Å². The van der Waals surface area contributed by atoms with Crippen molar-refractivity contribution in [3.05, 3.63) is 11.6 Å². The first-order valence-electron chi connectivity index (χ1n) is 5.44. The molecule has 2 heteroatoms. The van der Waals surface area contributed by atoms with Crippen LogP contribution in [-0.4, -0.2) is 12.6 Å². The van der Waals surface area contributed by atoms with E-state index in [0.29, 0.717) is 6.61 Å². The maximum atomic E-state index is 11.3. The molecule has 1 saturated carbocycles. The lowest BCUT2D eigenvalue weighted by Gasteiger charge is -2.32. The summed E-state index contributed by atoms with van der Waals surface area (Å²) in [4.78, 5) is 11.3. The van der Waals surface area contributed by atoms with Gasteiger partial charge < -0.3 is 4.74 Å². The van der Waals surface area contributed by atoms with Gasteiger partial charge >= 0.3 is 5.97 Å². The van der Waals surface area contributed by atoms with Crippen LogP contribution in [0.25, 0.3) is 0 Å². The predicted molar refractivity (Wildman–Crippen MR) is 57.0 cm³/mol. The van der Waals surface area contributed by atoms with Gasteiger partial charge in [-0.1, -0.05) is 25.8 Å². The molecule has 1 aliphatic carbocycles. The molecule has 0 aromatic heterocycles. The average Bonchev–Trinajstić information content (AvgIpc) is 2.09. The van der Waals surface area contributed by atoms with Crippen molar-refractivity contribution in [3.63, 3.8) is 0 Å². The minimum absolute atomic E-state index is 0.183. The summed E-state index contributed by atoms with van der Waals surface area (Å²) in [5, 5.41) is 0. The molecular formula is C12H20O2. The number of hydrogen-bond acceptors (Lipinski definition) is 2. The second-order valence-corrected chi connectivity index (χ2v) is 4.51. The molecule has 0 bridgehead atoms. The van der Waals surface area contributed by atoms with E-state index in [-0.39, 0.29) is 11.4 Å². The Kier molecular flexibility index (Phi) is 3.73. The third kappa shape index (κ3) is 2.86. The fourth-order valence-electron chi connectivity index (χ4n) is 1.98. The smallest absolute Gasteiger partial charge is 0.330 e. The van der Waals surface area contributed by atoms with Crippen LogP contribution in [0.2, 0.25) is 0 Å². The lowest BCUT2D eigenvalue weighted by atomic mass is 9.73. The third-order valence-corrected chi connectivity index (χ3v) is 2.95. The summed E-state index contributed by atoms with van der Waals surface area (Å²) in [6.45, 7) is 6.71. The Morgan fingerprint density at radius 3 is 2.79 bits per heavy atom. The highest BCUT2D eigenvalue weighted by Crippen LogP contribution is 2.39. The normalized spacial score (nSPS) is 23.5. The Morgan fingerprint density at radius 1 is 1.50 bits per heavy atom. The molecule has 1 aliphatic rings. The quantitative estimate of drug-likeness (QED) is 0.501. The lowest BCUT2D eigenvalue weighted by Crippen LogP contribution is -2.20. The van der Waals surface area contributed by atoms with Crippen LogP contribution >= 0.6 is 0 Å². The van der Waals surface area contributed by atoms with E-state index in [0.717, 1.165) is 6.42 Å². The van der Waals surface area contributed by atoms with Crippen LogP contribution in [0.5, 0.6) is 0 Å². The third-order valence-electron chi connectivity index (χ3n) is 2.95. The Balaban J connectivity index is 2.68. The summed E-state index contributed by atoms with van der Waals surface area (Å²) in [5.74, 6) is -0.183. The molecule has 0 aromatic rings. The zero-order chi connectivity index (χ0) is 10.6. The molecule has 0 aromatic carbocycles. The van der Waals surface area contributed by atoms with Gasteiger partial charge in [-0.2, -0.15) is 0 Å². The zero-order valence-electron chi connectivity index (χ0n) is 9.43. The molecule has 1 rings (SSSR count). The standard InChI is InChI=1S/C12H20O2/c1-4-14-11(13)9-10-7-5-6-8-12(10,2)3/h9H,4-8H2,1-3H3/b10-9+. The predicted octanol–water partition coefficient (Wildman–Crippen LogP) is 3.08. The van der Waals surface area contributed by atoms with E-state index in [1.165, 1.54) is 24.8 Å². The largest absolute Gasteiger partial charge is 0.463 e. The molecule has 0 N–H and O–H groups in total. The van der Waals surface area contributed by atoms with Gasteiger partial charge in [0.05, 0.1) is 6.61 Å². The molecule has 0 saturated heterocycles. The van der Waals surface area contributed by atoms with Gasteiger partial charge in [-0.15, -0.1) is 0 Å². The summed E-state index contributed by atoms with van der Waals surface area (Å²) in [5.41, 5.74) is 1.44. The van der Waals surface area contributed by atoms with Crippen LogP contribution in [0.15, 0.2) is 11.6 Å². The zero-order valence-corrected chi connectivity index (χ0v) is 9.43. The Labute approximate surface area is 86.3 Å². The van der Waals surface area contributed by atoms with Gasteiger partial charge in [-0.05, 0) is 31.6 Å². The fourth-order valence-corrected chi connectivity index (χ4v) is 1.98. The van der Waals surface area contributed by atoms with Crippen molar-refractivity contribution in [2.75, 3.05) is 6.61 Å². The minimum Gasteiger partial charge on any atom is -0.463 e. The second kappa shape index (κ2) is 4.63. The van der Waals surface area contributed by atoms with Gasteiger partial charge in [-0.25, -0.2) is 4.79 Å². The first kappa shape index (κ1) is 11.3. The number of hydrogen-bond donors (Lipinski definition) is 0. The number of carbonyl (C=O) groups is 1. The van der Waals surface area contributed by atoms with Gasteiger partial charge in [0.15, 0.2) is 0 Å². The molecule has 0 spiro atoms. The summed E-state index contributed by atoms with van der Waals surface area (Å²) < 4.78 is 4.92. The number of allylic oxidation sites excluding steroid dienone is 1. The molecular weight excluding hydrogens is 176 g/mol. The van der Waals surface area contributed by atoms with Crippen molar-refractivity contribution in [1.82, 2.24) is 0 Å². The van der Waals surface area contributed by atoms with E-state index in [9.17, 15) is 4.79 Å². The van der Waals surface area contributed by atoms with Crippen molar-refractivity contribution >= 4 is 5.97 Å². The van der Waals surface area contributed by atoms with Crippen LogP contribution < -0.4 is 0 Å². The van der Waals surface area contributed by atoms with Gasteiger partial charge in [-0.3, -0.25) is 0 Å². The van der Waals surface area contributed by atoms with Crippen LogP contribution in [0.1, 0.15) is 46.5 Å². The summed E-state index contributed by atoms with van der Waals surface area (Å²) >= 11 is 0. The Morgan fingerprint density at radius 2 is 2.21 bits per heavy atom. The molecule has 80 valence electrons. The highest BCUT2D eigenvalue weighted by atomic mass is 16.5. The van der Waals surface area contributed by atoms with Crippen molar-refractivity contribution in [3.8, 4) is 0 Å². The van der Waals surface area contributed by atoms with E-state index in [1.54, 1.807) is 6.08 Å². The lowest BCUT2D eigenvalue weighted by molar-refractivity contribution is -0.137. The van der Waals surface area contributed by atoms with Gasteiger partial charge in [0, 0.05) is 6.08 Å². The highest BCUT2D eigenvalue weighted by molar-refractivity contribution is 5.83. The van der Waals surface area contributed by atoms with Crippen LogP contribution in [-0.2, 0) is 9.53 Å². The number of ether oxygens (including phenoxy) is 1. The molecule has 0 radical (unpaired) electrons. The van der Waals surface area contributed by atoms with E-state index >= 15 is 0 Å². The van der Waals surface area contributed by atoms with Gasteiger partial charge in [0.2, 0.25) is 0 Å². The number of carbonyl (C=O) groups excluding carboxylic acids is 1. The maximum Gasteiger partial charge on any atom is 0.330 e. The number of rotatable bonds is 2. The Bertz CT molecular complexity index is 239. The van der Waals surface area contributed by atoms with Crippen LogP contribution in [0, 0.1) is 5.41 Å². The van der Waals surface area contributed by atoms with E-state index in [4.69, 9.17) is 4.74 Å². The number of esters is 1. The molecule has 0 atom stereocenters. The second-order valence-electron chi connectivity index (χ2n) is 4.51. The van der Waals surface area contributed by atoms with E-state index < -0.39 is 0 Å². The average molecular weight is 196 g/mol. The van der Waals surface area contributed by atoms with Crippen molar-refractivity contribution in [2.45, 2.75) is 46.5 Å². The van der Waals surface area contributed by atoms with Gasteiger partial charge in [0.25, 0.3) is 0 Å². The molecule has 1 fully saturated rings. The monoisotopic (exact) mass is 196 g/mol. The van der Waals surface area contributed by atoms with Crippen molar-refractivity contribution < 1.29 is 9.53 Å². The SMILES string of the molecule is CCOC(=O)/C=C1\CCCCC1(C)C. The summed E-state index contributed by atoms with van der Waals surface area (Å²) in [6.07, 6.45) is 6.40. The maximum absolute atomic E-state index is 11.3. The fraction of sp³-hybridized carbons (Fsp3) is 0.750. The van der Waals surface area contributed by atoms with Crippen molar-refractivity contribution in [2.24, 2.45) is 5.41 Å². The molecule has 0 aliphatic heterocycles. The van der Waals surface area contributed by atoms with E-state index in [1.807, 2.05) is 6.92 Å². The van der Waals surface area contributed by atoms with Crippen LogP contribution in [0.3, 0.4) is 0 Å². The molecule has 0 unspecified atom stereocenters. The Hall–Kier alpha value is -0.790.